The molecule has 0 saturated heterocycles. The minimum absolute atomic E-state index is 0.0314. The predicted molar refractivity (Wildman–Crippen MR) is 82.7 cm³/mol. The van der Waals surface area contributed by atoms with Gasteiger partial charge in [-0.15, -0.1) is 0 Å². The van der Waals surface area contributed by atoms with Gasteiger partial charge >= 0.3 is 5.69 Å². The molecule has 1 aromatic heterocycles. The summed E-state index contributed by atoms with van der Waals surface area (Å²) in [4.78, 5) is 20.5. The van der Waals surface area contributed by atoms with Crippen LogP contribution < -0.4 is 5.73 Å². The third-order valence-electron chi connectivity index (χ3n) is 3.64. The Balaban J connectivity index is 1.86. The molecule has 3 rings (SSSR count). The number of nitrogens with two attached hydrogens (primary N) is 1. The van der Waals surface area contributed by atoms with E-state index in [2.05, 4.69) is 22.1 Å². The van der Waals surface area contributed by atoms with E-state index in [0.29, 0.717) is 6.54 Å². The summed E-state index contributed by atoms with van der Waals surface area (Å²) >= 11 is 0. The Bertz CT molecular complexity index is 744. The van der Waals surface area contributed by atoms with Gasteiger partial charge in [-0.2, -0.15) is 4.99 Å². The van der Waals surface area contributed by atoms with Crippen LogP contribution in [0.5, 0.6) is 0 Å². The summed E-state index contributed by atoms with van der Waals surface area (Å²) in [6, 6.07) is 11.0. The summed E-state index contributed by atoms with van der Waals surface area (Å²) in [6.45, 7) is 1.37. The van der Waals surface area contributed by atoms with E-state index in [1.54, 1.807) is 0 Å². The van der Waals surface area contributed by atoms with E-state index in [0.717, 1.165) is 13.0 Å². The highest BCUT2D eigenvalue weighted by Crippen LogP contribution is 2.24. The van der Waals surface area contributed by atoms with Crippen molar-refractivity contribution in [1.82, 2.24) is 9.88 Å². The molecule has 1 aliphatic rings. The van der Waals surface area contributed by atoms with Gasteiger partial charge in [0.1, 0.15) is 0 Å². The van der Waals surface area contributed by atoms with E-state index in [9.17, 15) is 10.1 Å². The predicted octanol–water partition coefficient (Wildman–Crippen LogP) is 1.99. The molecule has 7 nitrogen and oxygen atoms in total. The molecule has 22 heavy (non-hydrogen) atoms. The van der Waals surface area contributed by atoms with E-state index < -0.39 is 4.92 Å². The van der Waals surface area contributed by atoms with Crippen LogP contribution in [0.2, 0.25) is 0 Å². The van der Waals surface area contributed by atoms with E-state index in [4.69, 9.17) is 5.73 Å². The number of hydrogen-bond donors (Lipinski definition) is 1. The molecule has 0 amide bonds. The number of fused-ring (bicyclic) bond motifs is 1. The number of aromatic nitrogens is 1. The largest absolute Gasteiger partial charge is 0.369 e. The zero-order valence-corrected chi connectivity index (χ0v) is 11.8. The lowest BCUT2D eigenvalue weighted by atomic mass is 10.0. The van der Waals surface area contributed by atoms with Crippen molar-refractivity contribution < 1.29 is 4.92 Å². The number of hydrogen-bond acceptors (Lipinski definition) is 4. The number of guanidine groups is 1. The first-order valence-electron chi connectivity index (χ1n) is 6.90. The topological polar surface area (TPSA) is 97.6 Å². The van der Waals surface area contributed by atoms with Gasteiger partial charge < -0.3 is 10.6 Å². The van der Waals surface area contributed by atoms with Gasteiger partial charge in [-0.25, -0.2) is 4.98 Å². The highest BCUT2D eigenvalue weighted by Gasteiger charge is 2.19. The van der Waals surface area contributed by atoms with Crippen LogP contribution in [0.25, 0.3) is 0 Å². The molecule has 7 heteroatoms. The normalized spacial score (nSPS) is 14.5. The average Bonchev–Trinajstić information content (AvgIpc) is 2.54. The van der Waals surface area contributed by atoms with E-state index in [1.165, 1.54) is 29.5 Å². The Morgan fingerprint density at radius 3 is 2.82 bits per heavy atom. The second-order valence-corrected chi connectivity index (χ2v) is 5.01. The lowest BCUT2D eigenvalue weighted by Gasteiger charge is -2.29. The second kappa shape index (κ2) is 5.80. The van der Waals surface area contributed by atoms with Crippen LogP contribution in [-0.2, 0) is 13.0 Å². The Kier molecular flexibility index (Phi) is 3.69. The Labute approximate surface area is 127 Å². The van der Waals surface area contributed by atoms with Crippen LogP contribution in [0.4, 0.5) is 11.5 Å². The van der Waals surface area contributed by atoms with Gasteiger partial charge in [-0.3, -0.25) is 10.1 Å². The maximum atomic E-state index is 11.0. The first-order valence-corrected chi connectivity index (χ1v) is 6.90. The fourth-order valence-electron chi connectivity index (χ4n) is 2.49. The number of aliphatic imine (C=N–C) groups is 1. The Morgan fingerprint density at radius 2 is 2.05 bits per heavy atom. The maximum Gasteiger partial charge on any atom is 0.313 e. The lowest BCUT2D eigenvalue weighted by Crippen LogP contribution is -2.40. The monoisotopic (exact) mass is 297 g/mol. The summed E-state index contributed by atoms with van der Waals surface area (Å²) in [5.74, 6) is 0.278. The van der Waals surface area contributed by atoms with Crippen LogP contribution in [0.3, 0.4) is 0 Å². The van der Waals surface area contributed by atoms with Gasteiger partial charge in [-0.1, -0.05) is 24.3 Å². The molecule has 0 unspecified atom stereocenters. The smallest absolute Gasteiger partial charge is 0.313 e. The first-order chi connectivity index (χ1) is 10.6. The van der Waals surface area contributed by atoms with Crippen molar-refractivity contribution in [2.24, 2.45) is 10.7 Å². The Morgan fingerprint density at radius 1 is 1.27 bits per heavy atom. The molecule has 0 spiro atoms. The van der Waals surface area contributed by atoms with Gasteiger partial charge in [0.2, 0.25) is 5.82 Å². The molecule has 0 bridgehead atoms. The highest BCUT2D eigenvalue weighted by atomic mass is 16.6. The lowest BCUT2D eigenvalue weighted by molar-refractivity contribution is -0.384. The molecule has 2 N–H and O–H groups in total. The van der Waals surface area contributed by atoms with Crippen molar-refractivity contribution in [3.05, 3.63) is 63.8 Å². The van der Waals surface area contributed by atoms with Crippen molar-refractivity contribution in [3.8, 4) is 0 Å². The minimum Gasteiger partial charge on any atom is -0.369 e. The molecule has 2 heterocycles. The quantitative estimate of drug-likeness (QED) is 0.395. The molecule has 0 radical (unpaired) electrons. The van der Waals surface area contributed by atoms with E-state index >= 15 is 0 Å². The van der Waals surface area contributed by atoms with Crippen molar-refractivity contribution in [2.45, 2.75) is 13.0 Å². The van der Waals surface area contributed by atoms with Crippen LogP contribution in [-0.4, -0.2) is 27.3 Å². The minimum atomic E-state index is -0.509. The zero-order chi connectivity index (χ0) is 15.5. The first kappa shape index (κ1) is 14.0. The van der Waals surface area contributed by atoms with Gasteiger partial charge in [0, 0.05) is 25.4 Å². The fourth-order valence-corrected chi connectivity index (χ4v) is 2.49. The SMILES string of the molecule is N/C(=N\c1ncccc1[N+](=O)[O-])N1CCc2ccccc2C1. The zero-order valence-electron chi connectivity index (χ0n) is 11.8. The van der Waals surface area contributed by atoms with Gasteiger partial charge in [0.15, 0.2) is 5.96 Å². The highest BCUT2D eigenvalue weighted by molar-refractivity contribution is 5.82. The van der Waals surface area contributed by atoms with Crippen LogP contribution >= 0.6 is 0 Å². The number of nitrogens with zero attached hydrogens (tertiary/aromatic N) is 4. The van der Waals surface area contributed by atoms with Crippen LogP contribution in [0.1, 0.15) is 11.1 Å². The molecule has 2 aromatic rings. The summed E-state index contributed by atoms with van der Waals surface area (Å²) in [5, 5.41) is 11.0. The summed E-state index contributed by atoms with van der Waals surface area (Å²) in [5.41, 5.74) is 8.37. The summed E-state index contributed by atoms with van der Waals surface area (Å²) in [6.07, 6.45) is 2.33. The fraction of sp³-hybridized carbons (Fsp3) is 0.200. The number of benzene rings is 1. The molecule has 0 fully saturated rings. The molecule has 0 aliphatic carbocycles. The van der Waals surface area contributed by atoms with Gasteiger partial charge in [0.25, 0.3) is 0 Å². The number of nitro groups is 1. The van der Waals surface area contributed by atoms with Crippen molar-refractivity contribution in [2.75, 3.05) is 6.54 Å². The van der Waals surface area contributed by atoms with Gasteiger partial charge in [0.05, 0.1) is 4.92 Å². The number of pyridine rings is 1. The van der Waals surface area contributed by atoms with E-state index in [-0.39, 0.29) is 17.5 Å². The van der Waals surface area contributed by atoms with Crippen LogP contribution in [0.15, 0.2) is 47.6 Å². The molecule has 112 valence electrons. The molecular weight excluding hydrogens is 282 g/mol. The third-order valence-corrected chi connectivity index (χ3v) is 3.64. The Hall–Kier alpha value is -2.96. The van der Waals surface area contributed by atoms with Crippen molar-refractivity contribution in [3.63, 3.8) is 0 Å². The second-order valence-electron chi connectivity index (χ2n) is 5.01. The molecular formula is C15H15N5O2. The van der Waals surface area contributed by atoms with E-state index in [1.807, 2.05) is 17.0 Å². The van der Waals surface area contributed by atoms with Crippen molar-refractivity contribution >= 4 is 17.5 Å². The maximum absolute atomic E-state index is 11.0. The summed E-state index contributed by atoms with van der Waals surface area (Å²) in [7, 11) is 0. The van der Waals surface area contributed by atoms with Crippen LogP contribution in [0, 0.1) is 10.1 Å². The molecule has 0 saturated carbocycles. The van der Waals surface area contributed by atoms with Crippen molar-refractivity contribution in [1.29, 1.82) is 0 Å². The third kappa shape index (κ3) is 2.73. The summed E-state index contributed by atoms with van der Waals surface area (Å²) < 4.78 is 0. The molecule has 1 aliphatic heterocycles. The standard InChI is InChI=1S/C15H15N5O2/c16-15(18-14-13(20(21)22)6-3-8-17-14)19-9-7-11-4-1-2-5-12(11)10-19/h1-6,8H,7,9-10H2,(H2,16,17,18). The van der Waals surface area contributed by atoms with Gasteiger partial charge in [-0.05, 0) is 23.6 Å². The molecule has 1 aromatic carbocycles. The molecule has 0 atom stereocenters. The number of rotatable bonds is 2. The average molecular weight is 297 g/mol.